The van der Waals surface area contributed by atoms with E-state index in [4.69, 9.17) is 10.5 Å². The van der Waals surface area contributed by atoms with Crippen LogP contribution in [0.2, 0.25) is 0 Å². The van der Waals surface area contributed by atoms with E-state index in [1.165, 1.54) is 11.8 Å². The second-order valence-corrected chi connectivity index (χ2v) is 8.29. The van der Waals surface area contributed by atoms with Gasteiger partial charge in [-0.1, -0.05) is 30.3 Å². The van der Waals surface area contributed by atoms with Gasteiger partial charge in [0.15, 0.2) is 0 Å². The smallest absolute Gasteiger partial charge is 0.410 e. The first-order valence-corrected chi connectivity index (χ1v) is 10.8. The lowest BCUT2D eigenvalue weighted by Crippen LogP contribution is -2.52. The molecule has 2 heterocycles. The number of benzene rings is 1. The Kier molecular flexibility index (Phi) is 7.68. The van der Waals surface area contributed by atoms with Gasteiger partial charge in [0.25, 0.3) is 0 Å². The van der Waals surface area contributed by atoms with Crippen molar-refractivity contribution < 1.29 is 29.0 Å². The van der Waals surface area contributed by atoms with Gasteiger partial charge in [0, 0.05) is 19.6 Å². The lowest BCUT2D eigenvalue weighted by atomic mass is 10.1. The van der Waals surface area contributed by atoms with Gasteiger partial charge in [-0.2, -0.15) is 0 Å². The van der Waals surface area contributed by atoms with Crippen LogP contribution < -0.4 is 11.1 Å². The molecule has 174 valence electrons. The molecule has 2 aliphatic heterocycles. The minimum atomic E-state index is -1.18. The van der Waals surface area contributed by atoms with Crippen LogP contribution in [0.5, 0.6) is 0 Å². The number of primary amides is 1. The zero-order chi connectivity index (χ0) is 23.3. The second kappa shape index (κ2) is 10.4. The molecule has 0 saturated carbocycles. The molecule has 10 heteroatoms. The Morgan fingerprint density at radius 1 is 1.19 bits per heavy atom. The third-order valence-electron chi connectivity index (χ3n) is 5.93. The van der Waals surface area contributed by atoms with E-state index in [1.807, 2.05) is 30.3 Å². The van der Waals surface area contributed by atoms with Crippen molar-refractivity contribution in [2.75, 3.05) is 19.6 Å². The number of ether oxygens (including phenoxy) is 1. The zero-order valence-electron chi connectivity index (χ0n) is 18.1. The molecule has 2 aliphatic rings. The first-order valence-electron chi connectivity index (χ1n) is 10.8. The SMILES string of the molecule is C[C@@H](O)[C@H](NC(=O)[C@H]1CCN(C(=O)[C@H]2CCCN2C(=O)OCc2ccccc2)C1)C(N)=O. The van der Waals surface area contributed by atoms with Crippen LogP contribution in [0.1, 0.15) is 31.7 Å². The molecule has 10 nitrogen and oxygen atoms in total. The van der Waals surface area contributed by atoms with E-state index < -0.39 is 42.0 Å². The van der Waals surface area contributed by atoms with Crippen molar-refractivity contribution in [3.63, 3.8) is 0 Å². The van der Waals surface area contributed by atoms with Crippen LogP contribution in [0.25, 0.3) is 0 Å². The third kappa shape index (κ3) is 5.56. The molecule has 4 atom stereocenters. The number of nitrogens with two attached hydrogens (primary N) is 1. The van der Waals surface area contributed by atoms with Crippen molar-refractivity contribution in [1.82, 2.24) is 15.1 Å². The largest absolute Gasteiger partial charge is 0.445 e. The van der Waals surface area contributed by atoms with Gasteiger partial charge in [-0.15, -0.1) is 0 Å². The number of rotatable bonds is 7. The fourth-order valence-corrected chi connectivity index (χ4v) is 4.13. The van der Waals surface area contributed by atoms with E-state index in [-0.39, 0.29) is 19.1 Å². The van der Waals surface area contributed by atoms with Crippen molar-refractivity contribution in [3.8, 4) is 0 Å². The van der Waals surface area contributed by atoms with Crippen molar-refractivity contribution in [2.24, 2.45) is 11.7 Å². The molecule has 0 aliphatic carbocycles. The van der Waals surface area contributed by atoms with Crippen molar-refractivity contribution in [3.05, 3.63) is 35.9 Å². The van der Waals surface area contributed by atoms with Crippen molar-refractivity contribution in [1.29, 1.82) is 0 Å². The van der Waals surface area contributed by atoms with E-state index in [0.29, 0.717) is 32.4 Å². The van der Waals surface area contributed by atoms with Crippen LogP contribution in [0.15, 0.2) is 30.3 Å². The highest BCUT2D eigenvalue weighted by Gasteiger charge is 2.41. The molecule has 3 rings (SSSR count). The highest BCUT2D eigenvalue weighted by atomic mass is 16.6. The number of likely N-dealkylation sites (tertiary alicyclic amines) is 2. The summed E-state index contributed by atoms with van der Waals surface area (Å²) in [6.45, 7) is 2.49. The minimum Gasteiger partial charge on any atom is -0.445 e. The number of carbonyl (C=O) groups is 4. The van der Waals surface area contributed by atoms with Crippen LogP contribution in [0, 0.1) is 5.92 Å². The van der Waals surface area contributed by atoms with Crippen LogP contribution in [-0.4, -0.2) is 76.5 Å². The number of aliphatic hydroxyl groups excluding tert-OH is 1. The van der Waals surface area contributed by atoms with Gasteiger partial charge in [0.2, 0.25) is 17.7 Å². The molecule has 32 heavy (non-hydrogen) atoms. The molecule has 0 radical (unpaired) electrons. The Bertz CT molecular complexity index is 846. The molecule has 0 unspecified atom stereocenters. The fraction of sp³-hybridized carbons (Fsp3) is 0.545. The number of aliphatic hydroxyl groups is 1. The van der Waals surface area contributed by atoms with Crippen LogP contribution >= 0.6 is 0 Å². The maximum Gasteiger partial charge on any atom is 0.410 e. The van der Waals surface area contributed by atoms with Gasteiger partial charge in [-0.05, 0) is 31.7 Å². The summed E-state index contributed by atoms with van der Waals surface area (Å²) >= 11 is 0. The Morgan fingerprint density at radius 2 is 1.91 bits per heavy atom. The molecular formula is C22H30N4O6. The number of hydrogen-bond donors (Lipinski definition) is 3. The summed E-state index contributed by atoms with van der Waals surface area (Å²) in [6, 6.07) is 7.51. The number of carbonyl (C=O) groups excluding carboxylic acids is 4. The van der Waals surface area contributed by atoms with Crippen molar-refractivity contribution in [2.45, 2.75) is 51.0 Å². The van der Waals surface area contributed by atoms with Gasteiger partial charge in [-0.3, -0.25) is 19.3 Å². The van der Waals surface area contributed by atoms with E-state index in [1.54, 1.807) is 4.90 Å². The second-order valence-electron chi connectivity index (χ2n) is 8.29. The van der Waals surface area contributed by atoms with Crippen LogP contribution in [0.4, 0.5) is 4.79 Å². The molecule has 1 aromatic carbocycles. The summed E-state index contributed by atoms with van der Waals surface area (Å²) in [7, 11) is 0. The van der Waals surface area contributed by atoms with Gasteiger partial charge >= 0.3 is 6.09 Å². The monoisotopic (exact) mass is 446 g/mol. The highest BCUT2D eigenvalue weighted by molar-refractivity contribution is 5.90. The van der Waals surface area contributed by atoms with Crippen LogP contribution in [-0.2, 0) is 25.7 Å². The summed E-state index contributed by atoms with van der Waals surface area (Å²) in [6.07, 6.45) is 0.0133. The van der Waals surface area contributed by atoms with Crippen LogP contribution in [0.3, 0.4) is 0 Å². The quantitative estimate of drug-likeness (QED) is 0.538. The molecule has 0 spiro atoms. The number of nitrogens with one attached hydrogen (secondary N) is 1. The molecule has 1 aromatic rings. The number of hydrogen-bond acceptors (Lipinski definition) is 6. The molecule has 4 amide bonds. The van der Waals surface area contributed by atoms with Gasteiger partial charge in [0.05, 0.1) is 12.0 Å². The molecule has 2 fully saturated rings. The number of amides is 4. The van der Waals surface area contributed by atoms with Gasteiger partial charge < -0.3 is 25.8 Å². The van der Waals surface area contributed by atoms with E-state index in [2.05, 4.69) is 5.32 Å². The Labute approximate surface area is 186 Å². The lowest BCUT2D eigenvalue weighted by molar-refractivity contribution is -0.135. The van der Waals surface area contributed by atoms with E-state index in [0.717, 1.165) is 5.56 Å². The predicted molar refractivity (Wildman–Crippen MR) is 114 cm³/mol. The minimum absolute atomic E-state index is 0.132. The summed E-state index contributed by atoms with van der Waals surface area (Å²) in [4.78, 5) is 52.6. The van der Waals surface area contributed by atoms with E-state index in [9.17, 15) is 24.3 Å². The molecular weight excluding hydrogens is 416 g/mol. The summed E-state index contributed by atoms with van der Waals surface area (Å²) in [5, 5.41) is 12.1. The zero-order valence-corrected chi connectivity index (χ0v) is 18.1. The average molecular weight is 447 g/mol. The Morgan fingerprint density at radius 3 is 2.56 bits per heavy atom. The summed E-state index contributed by atoms with van der Waals surface area (Å²) in [5.74, 6) is -1.98. The highest BCUT2D eigenvalue weighted by Crippen LogP contribution is 2.25. The Hall–Kier alpha value is -3.14. The fourth-order valence-electron chi connectivity index (χ4n) is 4.13. The predicted octanol–water partition coefficient (Wildman–Crippen LogP) is -0.0130. The normalized spacial score (nSPS) is 22.3. The first-order chi connectivity index (χ1) is 15.3. The molecule has 0 aromatic heterocycles. The molecule has 2 saturated heterocycles. The summed E-state index contributed by atoms with van der Waals surface area (Å²) in [5.41, 5.74) is 6.08. The Balaban J connectivity index is 1.54. The molecule has 0 bridgehead atoms. The topological polar surface area (TPSA) is 142 Å². The number of nitrogens with zero attached hydrogens (tertiary/aromatic N) is 2. The molecule has 4 N–H and O–H groups in total. The average Bonchev–Trinajstić information content (AvgIpc) is 3.45. The van der Waals surface area contributed by atoms with Crippen molar-refractivity contribution >= 4 is 23.8 Å². The summed E-state index contributed by atoms with van der Waals surface area (Å²) < 4.78 is 5.39. The standard InChI is InChI=1S/C22H30N4O6/c1-14(27)18(19(23)28)24-20(29)16-9-11-25(12-16)21(30)17-8-5-10-26(17)22(31)32-13-15-6-3-2-4-7-15/h2-4,6-7,14,16-18,27H,5,8-13H2,1H3,(H2,23,28)(H,24,29)/t14-,16+,17-,18+/m1/s1. The van der Waals surface area contributed by atoms with Gasteiger partial charge in [-0.25, -0.2) is 4.79 Å². The lowest BCUT2D eigenvalue weighted by Gasteiger charge is -2.27. The maximum atomic E-state index is 13.1. The first kappa shape index (κ1) is 23.5. The maximum absolute atomic E-state index is 13.1. The van der Waals surface area contributed by atoms with E-state index >= 15 is 0 Å². The third-order valence-corrected chi connectivity index (χ3v) is 5.93. The van der Waals surface area contributed by atoms with Gasteiger partial charge in [0.1, 0.15) is 18.7 Å².